The number of hydrogen-bond acceptors (Lipinski definition) is 0. The van der Waals surface area contributed by atoms with Gasteiger partial charge in [-0.25, -0.2) is 22.0 Å². The van der Waals surface area contributed by atoms with Crippen molar-refractivity contribution in [3.8, 4) is 0 Å². The number of alkyl halides is 11. The Balaban J connectivity index is 2.91. The molecule has 0 N–H and O–H groups in total. The van der Waals surface area contributed by atoms with Crippen molar-refractivity contribution < 1.29 is 57.1 Å². The van der Waals surface area contributed by atoms with Crippen LogP contribution in [0.1, 0.15) is 13.3 Å². The maximum atomic E-state index is 14.6. The largest absolute Gasteiger partial charge is 0.406 e. The summed E-state index contributed by atoms with van der Waals surface area (Å²) in [5.74, 6) is -13.1. The molecule has 2 aliphatic rings. The number of rotatable bonds is 1. The van der Waals surface area contributed by atoms with Crippen LogP contribution in [0.3, 0.4) is 0 Å². The minimum absolute atomic E-state index is 1.06. The van der Waals surface area contributed by atoms with E-state index in [2.05, 4.69) is 0 Å². The van der Waals surface area contributed by atoms with Crippen LogP contribution in [-0.4, -0.2) is 35.3 Å². The third-order valence-electron chi connectivity index (χ3n) is 4.73. The number of fused-ring (bicyclic) bond motifs is 2. The first kappa shape index (κ1) is 19.2. The molecular weight excluding hydrogens is 379 g/mol. The van der Waals surface area contributed by atoms with Crippen LogP contribution in [-0.2, 0) is 0 Å². The van der Waals surface area contributed by atoms with Crippen molar-refractivity contribution in [2.45, 2.75) is 48.6 Å². The molecule has 0 nitrogen and oxygen atoms in total. The monoisotopic (exact) mass is 384 g/mol. The van der Waals surface area contributed by atoms with E-state index in [0.29, 0.717) is 0 Å². The molecule has 0 saturated heterocycles. The molecule has 1 fully saturated rings. The van der Waals surface area contributed by atoms with Gasteiger partial charge in [0.25, 0.3) is 5.67 Å². The van der Waals surface area contributed by atoms with Gasteiger partial charge in [0, 0.05) is 6.42 Å². The van der Waals surface area contributed by atoms with Gasteiger partial charge >= 0.3 is 18.3 Å². The van der Waals surface area contributed by atoms with Gasteiger partial charge in [-0.3, -0.25) is 0 Å². The van der Waals surface area contributed by atoms with Crippen molar-refractivity contribution in [2.24, 2.45) is 5.41 Å². The Morgan fingerprint density at radius 2 is 1.12 bits per heavy atom. The molecule has 3 unspecified atom stereocenters. The van der Waals surface area contributed by atoms with Crippen molar-refractivity contribution in [3.63, 3.8) is 0 Å². The number of hydrogen-bond donors (Lipinski definition) is 0. The lowest BCUT2D eigenvalue weighted by molar-refractivity contribution is -0.386. The molecule has 140 valence electrons. The highest BCUT2D eigenvalue weighted by atomic mass is 19.4. The molecular formula is C11H5F13. The Kier molecular flexibility index (Phi) is 3.31. The molecule has 0 radical (unpaired) electrons. The van der Waals surface area contributed by atoms with E-state index >= 15 is 0 Å². The smallest absolute Gasteiger partial charge is 0.238 e. The SMILES string of the molecule is CC(C(F)(F)F)(C(F)(F)F)C1(F)CC2(F)C(F)=C(F)C1(F)C2(F)F. The Hall–Kier alpha value is -1.17. The van der Waals surface area contributed by atoms with Gasteiger partial charge in [0.05, 0.1) is 0 Å². The first-order valence-electron chi connectivity index (χ1n) is 5.91. The lowest BCUT2D eigenvalue weighted by Crippen LogP contribution is -2.69. The quantitative estimate of drug-likeness (QED) is 0.528. The van der Waals surface area contributed by atoms with Crippen molar-refractivity contribution in [2.75, 3.05) is 0 Å². The highest BCUT2D eigenvalue weighted by Gasteiger charge is 2.99. The topological polar surface area (TPSA) is 0 Å². The minimum atomic E-state index is -6.78. The fourth-order valence-electron chi connectivity index (χ4n) is 3.07. The van der Waals surface area contributed by atoms with E-state index in [4.69, 9.17) is 0 Å². The van der Waals surface area contributed by atoms with Crippen LogP contribution < -0.4 is 0 Å². The average molecular weight is 384 g/mol. The van der Waals surface area contributed by atoms with E-state index in [1.807, 2.05) is 0 Å². The fourth-order valence-corrected chi connectivity index (χ4v) is 3.07. The van der Waals surface area contributed by atoms with Crippen LogP contribution in [0.15, 0.2) is 11.7 Å². The van der Waals surface area contributed by atoms with E-state index in [1.54, 1.807) is 0 Å². The minimum Gasteiger partial charge on any atom is -0.238 e. The fraction of sp³-hybridized carbons (Fsp3) is 0.818. The van der Waals surface area contributed by atoms with Gasteiger partial charge in [0.15, 0.2) is 22.7 Å². The molecule has 0 heterocycles. The summed E-state index contributed by atoms with van der Waals surface area (Å²) < 4.78 is 174. The predicted molar refractivity (Wildman–Crippen MR) is 50.5 cm³/mol. The summed E-state index contributed by atoms with van der Waals surface area (Å²) >= 11 is 0. The van der Waals surface area contributed by atoms with Crippen molar-refractivity contribution in [1.82, 2.24) is 0 Å². The van der Waals surface area contributed by atoms with Gasteiger partial charge in [-0.2, -0.15) is 35.1 Å². The van der Waals surface area contributed by atoms with Crippen LogP contribution >= 0.6 is 0 Å². The molecule has 0 aromatic carbocycles. The predicted octanol–water partition coefficient (Wildman–Crippen LogP) is 5.45. The molecule has 0 spiro atoms. The molecule has 2 bridgehead atoms. The second-order valence-corrected chi connectivity index (χ2v) is 5.76. The van der Waals surface area contributed by atoms with Gasteiger partial charge in [0.2, 0.25) is 5.67 Å². The Morgan fingerprint density at radius 3 is 1.38 bits per heavy atom. The summed E-state index contributed by atoms with van der Waals surface area (Å²) in [5.41, 5.74) is -23.3. The first-order valence-corrected chi connectivity index (χ1v) is 5.91. The van der Waals surface area contributed by atoms with Gasteiger partial charge in [-0.1, -0.05) is 0 Å². The van der Waals surface area contributed by atoms with Gasteiger partial charge in [-0.15, -0.1) is 0 Å². The molecule has 0 amide bonds. The maximum Gasteiger partial charge on any atom is 0.406 e. The van der Waals surface area contributed by atoms with Crippen LogP contribution in [0, 0.1) is 5.41 Å². The normalized spacial score (nSPS) is 39.8. The van der Waals surface area contributed by atoms with E-state index in [0.717, 1.165) is 0 Å². The number of halogens is 13. The summed E-state index contributed by atoms with van der Waals surface area (Å²) in [4.78, 5) is 0. The second-order valence-electron chi connectivity index (χ2n) is 5.76. The van der Waals surface area contributed by atoms with Gasteiger partial charge in [0.1, 0.15) is 0 Å². The van der Waals surface area contributed by atoms with E-state index in [9.17, 15) is 57.1 Å². The van der Waals surface area contributed by atoms with Crippen LogP contribution in [0.5, 0.6) is 0 Å². The Morgan fingerprint density at radius 1 is 0.750 bits per heavy atom. The standard InChI is InChI=1S/C11H5F13/c1-5(10(19,20)21,11(22,23)24)7(15)2-6(14)3(12)4(13)8(7,16)9(6,17)18/h2H2,1H3. The summed E-state index contributed by atoms with van der Waals surface area (Å²) in [6.07, 6.45) is -16.8. The van der Waals surface area contributed by atoms with E-state index < -0.39 is 65.7 Å². The molecule has 0 aliphatic heterocycles. The lowest BCUT2D eigenvalue weighted by atomic mass is 9.64. The average Bonchev–Trinajstić information content (AvgIpc) is 2.56. The van der Waals surface area contributed by atoms with Crippen LogP contribution in [0.2, 0.25) is 0 Å². The molecule has 2 aliphatic carbocycles. The highest BCUT2D eigenvalue weighted by molar-refractivity contribution is 5.51. The summed E-state index contributed by atoms with van der Waals surface area (Å²) in [7, 11) is 0. The zero-order chi connectivity index (χ0) is 19.4. The summed E-state index contributed by atoms with van der Waals surface area (Å²) in [6.45, 7) is -1.06. The summed E-state index contributed by atoms with van der Waals surface area (Å²) in [5, 5.41) is 0. The van der Waals surface area contributed by atoms with Crippen molar-refractivity contribution in [1.29, 1.82) is 0 Å². The Labute approximate surface area is 124 Å². The Bertz CT molecular complexity index is 598. The molecule has 2 rings (SSSR count). The van der Waals surface area contributed by atoms with Crippen LogP contribution in [0.25, 0.3) is 0 Å². The zero-order valence-corrected chi connectivity index (χ0v) is 11.1. The van der Waals surface area contributed by atoms with Gasteiger partial charge in [-0.05, 0) is 6.92 Å². The van der Waals surface area contributed by atoms with Crippen molar-refractivity contribution in [3.05, 3.63) is 11.7 Å². The highest BCUT2D eigenvalue weighted by Crippen LogP contribution is 2.78. The lowest BCUT2D eigenvalue weighted by Gasteiger charge is -2.47. The zero-order valence-electron chi connectivity index (χ0n) is 11.1. The molecule has 24 heavy (non-hydrogen) atoms. The summed E-state index contributed by atoms with van der Waals surface area (Å²) in [6, 6.07) is 0. The van der Waals surface area contributed by atoms with E-state index in [1.165, 1.54) is 0 Å². The molecule has 0 aromatic heterocycles. The van der Waals surface area contributed by atoms with Crippen molar-refractivity contribution >= 4 is 0 Å². The van der Waals surface area contributed by atoms with Gasteiger partial charge < -0.3 is 0 Å². The third kappa shape index (κ3) is 1.46. The third-order valence-corrected chi connectivity index (χ3v) is 4.73. The molecule has 0 aromatic rings. The molecule has 13 heteroatoms. The number of allylic oxidation sites excluding steroid dienone is 2. The van der Waals surface area contributed by atoms with Crippen LogP contribution in [0.4, 0.5) is 57.1 Å². The second kappa shape index (κ2) is 4.14. The molecule has 3 atom stereocenters. The first-order chi connectivity index (χ1) is 10.3. The molecule has 1 saturated carbocycles. The maximum absolute atomic E-state index is 14.6. The van der Waals surface area contributed by atoms with E-state index in [-0.39, 0.29) is 0 Å².